The average molecular weight is 283 g/mol. The highest BCUT2D eigenvalue weighted by Crippen LogP contribution is 2.36. The molecule has 1 aromatic carbocycles. The lowest BCUT2D eigenvalue weighted by Crippen LogP contribution is -2.43. The molecule has 2 aliphatic heterocycles. The number of halogens is 2. The third kappa shape index (κ3) is 3.00. The van der Waals surface area contributed by atoms with E-state index in [1.807, 2.05) is 0 Å². The molecule has 0 amide bonds. The van der Waals surface area contributed by atoms with E-state index >= 15 is 0 Å². The van der Waals surface area contributed by atoms with Gasteiger partial charge in [0, 0.05) is 32.1 Å². The molecule has 0 unspecified atom stereocenters. The summed E-state index contributed by atoms with van der Waals surface area (Å²) in [4.78, 5) is 2.17. The topological polar surface area (TPSA) is 32.7 Å². The van der Waals surface area contributed by atoms with Crippen LogP contribution in [0.4, 0.5) is 8.78 Å². The molecule has 5 heteroatoms. The molecule has 0 bridgehead atoms. The van der Waals surface area contributed by atoms with E-state index in [4.69, 9.17) is 4.74 Å². The zero-order valence-corrected chi connectivity index (χ0v) is 11.3. The smallest absolute Gasteiger partial charge is 0.126 e. The van der Waals surface area contributed by atoms with Crippen LogP contribution in [0, 0.1) is 11.6 Å². The normalized spacial score (nSPS) is 26.2. The number of hydrogen-bond donors (Lipinski definition) is 1. The summed E-state index contributed by atoms with van der Waals surface area (Å²) in [6.45, 7) is 2.62. The van der Waals surface area contributed by atoms with Gasteiger partial charge in [-0.15, -0.1) is 0 Å². The fourth-order valence-electron chi connectivity index (χ4n) is 3.25. The van der Waals surface area contributed by atoms with Gasteiger partial charge in [-0.1, -0.05) is 0 Å². The fraction of sp³-hybridized carbons (Fsp3) is 0.600. The molecule has 1 spiro atoms. The van der Waals surface area contributed by atoms with Crippen molar-refractivity contribution in [3.8, 4) is 0 Å². The first-order chi connectivity index (χ1) is 9.55. The molecule has 110 valence electrons. The third-order valence-electron chi connectivity index (χ3n) is 4.29. The largest absolute Gasteiger partial charge is 0.391 e. The Labute approximate surface area is 117 Å². The highest BCUT2D eigenvalue weighted by molar-refractivity contribution is 5.18. The van der Waals surface area contributed by atoms with Gasteiger partial charge in [0.15, 0.2) is 0 Å². The Balaban J connectivity index is 1.58. The number of benzene rings is 1. The number of rotatable bonds is 2. The SMILES string of the molecule is O[C@H]1COC2(CCN(Cc3cc(F)cc(F)c3)CC2)C1. The van der Waals surface area contributed by atoms with E-state index < -0.39 is 11.6 Å². The van der Waals surface area contributed by atoms with Crippen LogP contribution in [0.5, 0.6) is 0 Å². The molecule has 2 aliphatic rings. The van der Waals surface area contributed by atoms with E-state index in [0.29, 0.717) is 25.1 Å². The van der Waals surface area contributed by atoms with Crippen molar-refractivity contribution in [3.63, 3.8) is 0 Å². The Morgan fingerprint density at radius 1 is 1.20 bits per heavy atom. The Morgan fingerprint density at radius 3 is 2.40 bits per heavy atom. The second-order valence-electron chi connectivity index (χ2n) is 5.91. The van der Waals surface area contributed by atoms with Crippen molar-refractivity contribution >= 4 is 0 Å². The van der Waals surface area contributed by atoms with Gasteiger partial charge < -0.3 is 9.84 Å². The van der Waals surface area contributed by atoms with Gasteiger partial charge in [-0.2, -0.15) is 0 Å². The van der Waals surface area contributed by atoms with Crippen molar-refractivity contribution < 1.29 is 18.6 Å². The molecule has 2 saturated heterocycles. The van der Waals surface area contributed by atoms with Gasteiger partial charge in [0.1, 0.15) is 11.6 Å². The molecule has 3 nitrogen and oxygen atoms in total. The maximum atomic E-state index is 13.2. The van der Waals surface area contributed by atoms with Gasteiger partial charge in [-0.05, 0) is 30.5 Å². The van der Waals surface area contributed by atoms with Crippen molar-refractivity contribution in [2.24, 2.45) is 0 Å². The van der Waals surface area contributed by atoms with Crippen LogP contribution in [0.25, 0.3) is 0 Å². The first kappa shape index (κ1) is 13.9. The van der Waals surface area contributed by atoms with E-state index in [9.17, 15) is 13.9 Å². The van der Waals surface area contributed by atoms with Gasteiger partial charge in [-0.25, -0.2) is 8.78 Å². The Bertz CT molecular complexity index is 467. The van der Waals surface area contributed by atoms with Crippen molar-refractivity contribution in [1.29, 1.82) is 0 Å². The molecule has 1 atom stereocenters. The lowest BCUT2D eigenvalue weighted by atomic mass is 9.88. The minimum absolute atomic E-state index is 0.177. The van der Waals surface area contributed by atoms with E-state index in [-0.39, 0.29) is 11.7 Å². The molecule has 2 heterocycles. The van der Waals surface area contributed by atoms with Gasteiger partial charge in [0.2, 0.25) is 0 Å². The monoisotopic (exact) mass is 283 g/mol. The lowest BCUT2D eigenvalue weighted by molar-refractivity contribution is -0.0456. The lowest BCUT2D eigenvalue weighted by Gasteiger charge is -2.38. The van der Waals surface area contributed by atoms with Crippen molar-refractivity contribution in [1.82, 2.24) is 4.90 Å². The number of aliphatic hydroxyl groups excluding tert-OH is 1. The summed E-state index contributed by atoms with van der Waals surface area (Å²) in [7, 11) is 0. The van der Waals surface area contributed by atoms with Crippen LogP contribution in [-0.2, 0) is 11.3 Å². The zero-order chi connectivity index (χ0) is 14.2. The predicted octanol–water partition coefficient (Wildman–Crippen LogP) is 2.08. The summed E-state index contributed by atoms with van der Waals surface area (Å²) in [6, 6.07) is 3.65. The minimum Gasteiger partial charge on any atom is -0.391 e. The average Bonchev–Trinajstić information content (AvgIpc) is 2.73. The molecule has 0 saturated carbocycles. The number of aliphatic hydroxyl groups is 1. The van der Waals surface area contributed by atoms with Crippen LogP contribution in [0.2, 0.25) is 0 Å². The quantitative estimate of drug-likeness (QED) is 0.902. The number of piperidine rings is 1. The summed E-state index contributed by atoms with van der Waals surface area (Å²) in [5.74, 6) is -1.06. The van der Waals surface area contributed by atoms with Gasteiger partial charge in [0.25, 0.3) is 0 Å². The summed E-state index contributed by atoms with van der Waals surface area (Å²) < 4.78 is 32.1. The minimum atomic E-state index is -0.532. The Morgan fingerprint density at radius 2 is 1.85 bits per heavy atom. The molecule has 0 radical (unpaired) electrons. The Hall–Kier alpha value is -1.04. The van der Waals surface area contributed by atoms with Crippen LogP contribution >= 0.6 is 0 Å². The van der Waals surface area contributed by atoms with Crippen LogP contribution < -0.4 is 0 Å². The molecular formula is C15H19F2NO2. The van der Waals surface area contributed by atoms with Gasteiger partial charge in [-0.3, -0.25) is 4.90 Å². The molecule has 0 aliphatic carbocycles. The van der Waals surface area contributed by atoms with E-state index in [1.165, 1.54) is 12.1 Å². The molecule has 20 heavy (non-hydrogen) atoms. The summed E-state index contributed by atoms with van der Waals surface area (Å²) in [5.41, 5.74) is 0.481. The number of ether oxygens (including phenoxy) is 1. The molecule has 3 rings (SSSR count). The maximum absolute atomic E-state index is 13.2. The predicted molar refractivity (Wildman–Crippen MR) is 70.2 cm³/mol. The number of likely N-dealkylation sites (tertiary alicyclic amines) is 1. The zero-order valence-electron chi connectivity index (χ0n) is 11.3. The molecule has 1 N–H and O–H groups in total. The Kier molecular flexibility index (Phi) is 3.75. The number of hydrogen-bond acceptors (Lipinski definition) is 3. The second kappa shape index (κ2) is 5.39. The molecular weight excluding hydrogens is 264 g/mol. The van der Waals surface area contributed by atoms with Crippen LogP contribution in [0.15, 0.2) is 18.2 Å². The van der Waals surface area contributed by atoms with Gasteiger partial charge >= 0.3 is 0 Å². The van der Waals surface area contributed by atoms with Crippen molar-refractivity contribution in [2.45, 2.75) is 37.5 Å². The van der Waals surface area contributed by atoms with Crippen LogP contribution in [0.1, 0.15) is 24.8 Å². The molecule has 1 aromatic rings. The first-order valence-corrected chi connectivity index (χ1v) is 7.04. The maximum Gasteiger partial charge on any atom is 0.126 e. The first-order valence-electron chi connectivity index (χ1n) is 7.04. The van der Waals surface area contributed by atoms with E-state index in [2.05, 4.69) is 4.90 Å². The summed E-state index contributed by atoms with van der Waals surface area (Å²) >= 11 is 0. The van der Waals surface area contributed by atoms with Crippen LogP contribution in [-0.4, -0.2) is 41.4 Å². The van der Waals surface area contributed by atoms with Crippen LogP contribution in [0.3, 0.4) is 0 Å². The number of nitrogens with zero attached hydrogens (tertiary/aromatic N) is 1. The van der Waals surface area contributed by atoms with E-state index in [0.717, 1.165) is 32.0 Å². The fourth-order valence-corrected chi connectivity index (χ4v) is 3.25. The second-order valence-corrected chi connectivity index (χ2v) is 5.91. The third-order valence-corrected chi connectivity index (χ3v) is 4.29. The van der Waals surface area contributed by atoms with Crippen molar-refractivity contribution in [3.05, 3.63) is 35.4 Å². The molecule has 2 fully saturated rings. The highest BCUT2D eigenvalue weighted by Gasteiger charge is 2.41. The summed E-state index contributed by atoms with van der Waals surface area (Å²) in [6.07, 6.45) is 2.08. The summed E-state index contributed by atoms with van der Waals surface area (Å²) in [5, 5.41) is 9.59. The van der Waals surface area contributed by atoms with Crippen molar-refractivity contribution in [2.75, 3.05) is 19.7 Å². The van der Waals surface area contributed by atoms with Gasteiger partial charge in [0.05, 0.1) is 18.3 Å². The molecule has 0 aromatic heterocycles. The standard InChI is InChI=1S/C15H19F2NO2/c16-12-5-11(6-13(17)7-12)9-18-3-1-15(2-4-18)8-14(19)10-20-15/h5-7,14,19H,1-4,8-10H2/t14-/m1/s1. The highest BCUT2D eigenvalue weighted by atomic mass is 19.1. The van der Waals surface area contributed by atoms with E-state index in [1.54, 1.807) is 0 Å².